The van der Waals surface area contributed by atoms with E-state index in [1.807, 2.05) is 6.07 Å². The Hall–Kier alpha value is -1.56. The molecule has 1 aliphatic rings. The van der Waals surface area contributed by atoms with Crippen molar-refractivity contribution in [3.63, 3.8) is 0 Å². The van der Waals surface area contributed by atoms with Gasteiger partial charge in [0, 0.05) is 33.8 Å². The highest BCUT2D eigenvalue weighted by Gasteiger charge is 2.33. The summed E-state index contributed by atoms with van der Waals surface area (Å²) < 4.78 is 28.2. The number of rotatable bonds is 5. The molecule has 0 aliphatic carbocycles. The highest BCUT2D eigenvalue weighted by Crippen LogP contribution is 2.39. The fourth-order valence-corrected chi connectivity index (χ4v) is 6.59. The van der Waals surface area contributed by atoms with Crippen molar-refractivity contribution in [3.8, 4) is 6.07 Å². The molecule has 1 fully saturated rings. The molecule has 0 amide bonds. The number of carbonyl (C=O) groups excluding carboxylic acids is 1. The van der Waals surface area contributed by atoms with Gasteiger partial charge in [-0.1, -0.05) is 35.0 Å². The SMILES string of the molecule is CC(=O)C1CCCN(S(=O)(=O)c2cc(C#N)ccc2Sc2cc(Cl)ccc2Cl)C1. The second-order valence-electron chi connectivity index (χ2n) is 6.76. The van der Waals surface area contributed by atoms with Crippen LogP contribution in [0.15, 0.2) is 51.1 Å². The summed E-state index contributed by atoms with van der Waals surface area (Å²) in [5, 5.41) is 10.2. The third-order valence-corrected chi connectivity index (χ3v) is 8.61. The van der Waals surface area contributed by atoms with Crippen LogP contribution in [0, 0.1) is 17.2 Å². The quantitative estimate of drug-likeness (QED) is 0.616. The number of piperidine rings is 1. The Balaban J connectivity index is 2.04. The van der Waals surface area contributed by atoms with Crippen molar-refractivity contribution in [1.82, 2.24) is 4.31 Å². The Bertz CT molecular complexity index is 1100. The normalized spacial score (nSPS) is 17.7. The molecule has 0 N–H and O–H groups in total. The summed E-state index contributed by atoms with van der Waals surface area (Å²) in [6, 6.07) is 11.5. The van der Waals surface area contributed by atoms with E-state index in [1.165, 1.54) is 29.1 Å². The van der Waals surface area contributed by atoms with Gasteiger partial charge in [0.05, 0.1) is 21.6 Å². The van der Waals surface area contributed by atoms with E-state index in [4.69, 9.17) is 23.2 Å². The largest absolute Gasteiger partial charge is 0.300 e. The van der Waals surface area contributed by atoms with Crippen molar-refractivity contribution in [1.29, 1.82) is 5.26 Å². The number of hydrogen-bond acceptors (Lipinski definition) is 5. The lowest BCUT2D eigenvalue weighted by atomic mass is 9.96. The minimum Gasteiger partial charge on any atom is -0.300 e. The van der Waals surface area contributed by atoms with Gasteiger partial charge in [0.2, 0.25) is 10.0 Å². The molecular formula is C20H18Cl2N2O3S2. The van der Waals surface area contributed by atoms with E-state index in [-0.39, 0.29) is 28.7 Å². The molecule has 1 unspecified atom stereocenters. The monoisotopic (exact) mass is 468 g/mol. The van der Waals surface area contributed by atoms with Crippen molar-refractivity contribution in [3.05, 3.63) is 52.0 Å². The molecule has 3 rings (SSSR count). The third kappa shape index (κ3) is 4.96. The van der Waals surface area contributed by atoms with Crippen LogP contribution in [-0.4, -0.2) is 31.6 Å². The predicted octanol–water partition coefficient (Wildman–Crippen LogP) is 5.01. The molecular weight excluding hydrogens is 451 g/mol. The van der Waals surface area contributed by atoms with Gasteiger partial charge in [0.15, 0.2) is 0 Å². The number of nitriles is 1. The van der Waals surface area contributed by atoms with Gasteiger partial charge in [-0.3, -0.25) is 4.79 Å². The van der Waals surface area contributed by atoms with E-state index in [1.54, 1.807) is 30.3 Å². The van der Waals surface area contributed by atoms with Crippen LogP contribution in [0.25, 0.3) is 0 Å². The Morgan fingerprint density at radius 1 is 1.21 bits per heavy atom. The zero-order valence-corrected chi connectivity index (χ0v) is 18.7. The first-order valence-corrected chi connectivity index (χ1v) is 11.9. The second-order valence-corrected chi connectivity index (χ2v) is 10.6. The number of sulfonamides is 1. The van der Waals surface area contributed by atoms with Crippen molar-refractivity contribution in [2.75, 3.05) is 13.1 Å². The molecule has 0 saturated carbocycles. The third-order valence-electron chi connectivity index (χ3n) is 4.76. The first kappa shape index (κ1) is 22.1. The minimum atomic E-state index is -3.90. The molecule has 0 aromatic heterocycles. The molecule has 2 aromatic carbocycles. The molecule has 5 nitrogen and oxygen atoms in total. The predicted molar refractivity (Wildman–Crippen MR) is 114 cm³/mol. The molecule has 2 aromatic rings. The Morgan fingerprint density at radius 3 is 2.66 bits per heavy atom. The van der Waals surface area contributed by atoms with Crippen molar-refractivity contribution < 1.29 is 13.2 Å². The lowest BCUT2D eigenvalue weighted by Crippen LogP contribution is -2.42. The van der Waals surface area contributed by atoms with E-state index in [9.17, 15) is 18.5 Å². The molecule has 0 spiro atoms. The summed E-state index contributed by atoms with van der Waals surface area (Å²) in [6.07, 6.45) is 1.29. The lowest BCUT2D eigenvalue weighted by molar-refractivity contribution is -0.121. The number of benzene rings is 2. The number of ketones is 1. The van der Waals surface area contributed by atoms with Crippen molar-refractivity contribution >= 4 is 50.8 Å². The summed E-state index contributed by atoms with van der Waals surface area (Å²) in [4.78, 5) is 12.9. The number of hydrogen-bond donors (Lipinski definition) is 0. The van der Waals surface area contributed by atoms with Crippen molar-refractivity contribution in [2.24, 2.45) is 5.92 Å². The maximum atomic E-state index is 13.4. The van der Waals surface area contributed by atoms with Crippen LogP contribution >= 0.6 is 35.0 Å². The fourth-order valence-electron chi connectivity index (χ4n) is 3.17. The smallest absolute Gasteiger partial charge is 0.244 e. The van der Waals surface area contributed by atoms with Crippen LogP contribution < -0.4 is 0 Å². The summed E-state index contributed by atoms with van der Waals surface area (Å²) in [5.41, 5.74) is 0.241. The standard InChI is InChI=1S/C20H18Cl2N2O3S2/c1-13(25)15-3-2-8-24(12-15)29(26,27)20-9-14(11-23)4-7-18(20)28-19-10-16(21)5-6-17(19)22/h4-7,9-10,15H,2-3,8,12H2,1H3. The highest BCUT2D eigenvalue weighted by atomic mass is 35.5. The van der Waals surface area contributed by atoms with Crippen molar-refractivity contribution in [2.45, 2.75) is 34.5 Å². The molecule has 1 aliphatic heterocycles. The average Bonchev–Trinajstić information content (AvgIpc) is 2.71. The van der Waals surface area contributed by atoms with Gasteiger partial charge in [-0.15, -0.1) is 0 Å². The maximum Gasteiger partial charge on any atom is 0.244 e. The number of nitrogens with zero attached hydrogens (tertiary/aromatic N) is 2. The molecule has 29 heavy (non-hydrogen) atoms. The van der Waals surface area contributed by atoms with Gasteiger partial charge < -0.3 is 0 Å². The molecule has 9 heteroatoms. The van der Waals surface area contributed by atoms with Crippen LogP contribution in [0.3, 0.4) is 0 Å². The molecule has 152 valence electrons. The zero-order chi connectivity index (χ0) is 21.2. The van der Waals surface area contributed by atoms with E-state index < -0.39 is 10.0 Å². The Kier molecular flexibility index (Phi) is 6.92. The van der Waals surface area contributed by atoms with Crippen LogP contribution in [-0.2, 0) is 14.8 Å². The summed E-state index contributed by atoms with van der Waals surface area (Å²) in [7, 11) is -3.90. The van der Waals surface area contributed by atoms with Crippen LogP contribution in [0.4, 0.5) is 0 Å². The van der Waals surface area contributed by atoms with Crippen LogP contribution in [0.5, 0.6) is 0 Å². The van der Waals surface area contributed by atoms with Crippen LogP contribution in [0.1, 0.15) is 25.3 Å². The molecule has 1 atom stereocenters. The number of Topliss-reactive ketones (excluding diaryl/α,β-unsaturated/α-hetero) is 1. The molecule has 1 saturated heterocycles. The van der Waals surface area contributed by atoms with E-state index >= 15 is 0 Å². The van der Waals surface area contributed by atoms with Gasteiger partial charge in [0.25, 0.3) is 0 Å². The molecule has 0 radical (unpaired) electrons. The summed E-state index contributed by atoms with van der Waals surface area (Å²) in [6.45, 7) is 1.97. The number of carbonyl (C=O) groups is 1. The average molecular weight is 469 g/mol. The Morgan fingerprint density at radius 2 is 1.97 bits per heavy atom. The van der Waals surface area contributed by atoms with Gasteiger partial charge >= 0.3 is 0 Å². The number of halogens is 2. The highest BCUT2D eigenvalue weighted by molar-refractivity contribution is 8.00. The maximum absolute atomic E-state index is 13.4. The Labute approximate surface area is 184 Å². The first-order valence-electron chi connectivity index (χ1n) is 8.90. The first-order chi connectivity index (χ1) is 13.7. The van der Waals surface area contributed by atoms with Gasteiger partial charge in [-0.05, 0) is 56.2 Å². The minimum absolute atomic E-state index is 0.0176. The zero-order valence-electron chi connectivity index (χ0n) is 15.6. The van der Waals surface area contributed by atoms with Crippen LogP contribution in [0.2, 0.25) is 10.0 Å². The van der Waals surface area contributed by atoms with E-state index in [2.05, 4.69) is 0 Å². The second kappa shape index (κ2) is 9.07. The van der Waals surface area contributed by atoms with Gasteiger partial charge in [-0.2, -0.15) is 9.57 Å². The van der Waals surface area contributed by atoms with Gasteiger partial charge in [-0.25, -0.2) is 8.42 Å². The molecule has 1 heterocycles. The lowest BCUT2D eigenvalue weighted by Gasteiger charge is -2.31. The summed E-state index contributed by atoms with van der Waals surface area (Å²) in [5.74, 6) is -0.327. The topological polar surface area (TPSA) is 78.2 Å². The van der Waals surface area contributed by atoms with E-state index in [0.29, 0.717) is 39.2 Å². The molecule has 0 bridgehead atoms. The fraction of sp³-hybridized carbons (Fsp3) is 0.300. The van der Waals surface area contributed by atoms with Gasteiger partial charge in [0.1, 0.15) is 5.78 Å². The van der Waals surface area contributed by atoms with E-state index in [0.717, 1.165) is 0 Å². The summed E-state index contributed by atoms with van der Waals surface area (Å²) >= 11 is 13.5.